The van der Waals surface area contributed by atoms with Crippen LogP contribution in [0.4, 0.5) is 0 Å². The molecule has 0 amide bonds. The third-order valence-electron chi connectivity index (χ3n) is 10.8. The lowest BCUT2D eigenvalue weighted by atomic mass is 10.0. The highest BCUT2D eigenvalue weighted by Gasteiger charge is 2.01. The second-order valence-electron chi connectivity index (χ2n) is 15.7. The fraction of sp³-hybridized carbons (Fsp3) is 0.735. The molecule has 0 saturated heterocycles. The van der Waals surface area contributed by atoms with Crippen LogP contribution in [0.2, 0.25) is 0 Å². The maximum absolute atomic E-state index is 6.03. The SMILES string of the molecule is CCCCCCCCCCCCCCCCCCCCCCOc1ccc(/C=C/c2cc[n+](CCCCCCCCCCCCCC)cc2)cc1.[Br-]. The molecule has 1 aromatic carbocycles. The fourth-order valence-corrected chi connectivity index (χ4v) is 7.28. The zero-order chi connectivity index (χ0) is 36.1. The van der Waals surface area contributed by atoms with Crippen molar-refractivity contribution in [1.29, 1.82) is 0 Å². The van der Waals surface area contributed by atoms with Crippen LogP contribution in [0.3, 0.4) is 0 Å². The summed E-state index contributed by atoms with van der Waals surface area (Å²) in [6.07, 6.45) is 54.1. The first-order valence-corrected chi connectivity index (χ1v) is 22.7. The number of nitrogens with zero attached hydrogens (tertiary/aromatic N) is 1. The normalized spacial score (nSPS) is 11.3. The number of rotatable bonds is 37. The Morgan fingerprint density at radius 2 is 0.692 bits per heavy atom. The Morgan fingerprint density at radius 3 is 1.06 bits per heavy atom. The van der Waals surface area contributed by atoms with Gasteiger partial charge in [-0.1, -0.05) is 224 Å². The Labute approximate surface area is 335 Å². The van der Waals surface area contributed by atoms with Crippen LogP contribution in [0.25, 0.3) is 12.2 Å². The topological polar surface area (TPSA) is 13.1 Å². The van der Waals surface area contributed by atoms with E-state index < -0.39 is 0 Å². The lowest BCUT2D eigenvalue weighted by molar-refractivity contribution is -0.697. The minimum atomic E-state index is 0. The van der Waals surface area contributed by atoms with Crippen LogP contribution in [0, 0.1) is 0 Å². The van der Waals surface area contributed by atoms with Gasteiger partial charge in [0.1, 0.15) is 12.3 Å². The smallest absolute Gasteiger partial charge is 0.169 e. The van der Waals surface area contributed by atoms with Gasteiger partial charge in [-0.25, -0.2) is 4.57 Å². The van der Waals surface area contributed by atoms with E-state index in [1.807, 2.05) is 0 Å². The van der Waals surface area contributed by atoms with Crippen molar-refractivity contribution < 1.29 is 26.3 Å². The Kier molecular flexibility index (Phi) is 35.1. The number of unbranched alkanes of at least 4 members (excludes halogenated alkanes) is 30. The molecule has 0 saturated carbocycles. The van der Waals surface area contributed by atoms with Gasteiger partial charge in [-0.15, -0.1) is 0 Å². The summed E-state index contributed by atoms with van der Waals surface area (Å²) in [5.74, 6) is 0.989. The van der Waals surface area contributed by atoms with Crippen molar-refractivity contribution in [2.45, 2.75) is 226 Å². The minimum absolute atomic E-state index is 0. The Bertz CT molecular complexity index is 1020. The molecule has 0 atom stereocenters. The summed E-state index contributed by atoms with van der Waals surface area (Å²) in [5, 5.41) is 0. The highest BCUT2D eigenvalue weighted by Crippen LogP contribution is 2.17. The van der Waals surface area contributed by atoms with Crippen LogP contribution in [0.15, 0.2) is 48.8 Å². The van der Waals surface area contributed by atoms with Crippen LogP contribution in [0.5, 0.6) is 5.75 Å². The Hall–Kier alpha value is -1.61. The lowest BCUT2D eigenvalue weighted by Crippen LogP contribution is -3.00. The van der Waals surface area contributed by atoms with Crippen LogP contribution < -0.4 is 26.3 Å². The molecule has 0 radical (unpaired) electrons. The molecule has 0 spiro atoms. The molecule has 0 unspecified atom stereocenters. The Morgan fingerprint density at radius 1 is 0.385 bits per heavy atom. The number of aromatic nitrogens is 1. The first-order valence-electron chi connectivity index (χ1n) is 22.7. The number of hydrogen-bond acceptors (Lipinski definition) is 1. The van der Waals surface area contributed by atoms with E-state index in [4.69, 9.17) is 4.74 Å². The highest BCUT2D eigenvalue weighted by atomic mass is 79.9. The van der Waals surface area contributed by atoms with E-state index >= 15 is 0 Å². The molecule has 2 nitrogen and oxygen atoms in total. The molecule has 0 fully saturated rings. The van der Waals surface area contributed by atoms with Crippen molar-refractivity contribution in [3.8, 4) is 5.75 Å². The fourth-order valence-electron chi connectivity index (χ4n) is 7.28. The van der Waals surface area contributed by atoms with E-state index in [9.17, 15) is 0 Å². The average molecular weight is 783 g/mol. The third kappa shape index (κ3) is 29.8. The molecule has 0 aliphatic rings. The van der Waals surface area contributed by atoms with Crippen molar-refractivity contribution >= 4 is 12.2 Å². The van der Waals surface area contributed by atoms with Gasteiger partial charge in [0.15, 0.2) is 12.4 Å². The summed E-state index contributed by atoms with van der Waals surface area (Å²) < 4.78 is 8.37. The summed E-state index contributed by atoms with van der Waals surface area (Å²) in [7, 11) is 0. The summed E-state index contributed by atoms with van der Waals surface area (Å²) in [4.78, 5) is 0. The number of pyridine rings is 1. The van der Waals surface area contributed by atoms with Gasteiger partial charge in [0.25, 0.3) is 0 Å². The minimum Gasteiger partial charge on any atom is -1.00 e. The Balaban J connectivity index is 0.0000135. The summed E-state index contributed by atoms with van der Waals surface area (Å²) in [6, 6.07) is 13.0. The highest BCUT2D eigenvalue weighted by molar-refractivity contribution is 5.69. The van der Waals surface area contributed by atoms with E-state index in [2.05, 4.69) is 79.4 Å². The third-order valence-corrected chi connectivity index (χ3v) is 10.8. The number of halogens is 1. The lowest BCUT2D eigenvalue weighted by Gasteiger charge is -2.07. The van der Waals surface area contributed by atoms with E-state index in [-0.39, 0.29) is 17.0 Å². The molecule has 0 bridgehead atoms. The zero-order valence-electron chi connectivity index (χ0n) is 34.5. The standard InChI is InChI=1S/C49H84NO.BrH/c1-3-5-7-9-11-13-15-17-18-19-20-21-22-23-24-26-28-30-32-34-46-51-49-39-37-47(38-40-49)35-36-48-41-44-50(45-42-48)43-33-31-29-27-25-16-14-12-10-8-6-4-2;/h35-42,44-45H,3-34,43,46H2,1-2H3;1H/q+1;/p-1/b36-35+;. The largest absolute Gasteiger partial charge is 1.00 e. The molecule has 1 aromatic heterocycles. The molecule has 1 heterocycles. The van der Waals surface area contributed by atoms with Gasteiger partial charge >= 0.3 is 0 Å². The molecule has 0 aliphatic heterocycles. The van der Waals surface area contributed by atoms with Crippen LogP contribution in [0.1, 0.15) is 230 Å². The number of aryl methyl sites for hydroxylation is 1. The molecule has 3 heteroatoms. The summed E-state index contributed by atoms with van der Waals surface area (Å²) >= 11 is 0. The maximum Gasteiger partial charge on any atom is 0.169 e. The van der Waals surface area contributed by atoms with E-state index in [0.717, 1.165) is 25.3 Å². The maximum atomic E-state index is 6.03. The van der Waals surface area contributed by atoms with Gasteiger partial charge in [-0.05, 0) is 36.1 Å². The van der Waals surface area contributed by atoms with E-state index in [0.29, 0.717) is 0 Å². The molecule has 0 N–H and O–H groups in total. The molecule has 2 rings (SSSR count). The first-order chi connectivity index (χ1) is 25.3. The van der Waals surface area contributed by atoms with E-state index in [1.165, 1.54) is 210 Å². The number of hydrogen-bond donors (Lipinski definition) is 0. The van der Waals surface area contributed by atoms with Gasteiger partial charge in [0, 0.05) is 18.6 Å². The van der Waals surface area contributed by atoms with Gasteiger partial charge in [0.2, 0.25) is 0 Å². The molecular weight excluding hydrogens is 698 g/mol. The molecule has 52 heavy (non-hydrogen) atoms. The summed E-state index contributed by atoms with van der Waals surface area (Å²) in [6.45, 7) is 6.56. The van der Waals surface area contributed by atoms with Crippen molar-refractivity contribution in [3.63, 3.8) is 0 Å². The van der Waals surface area contributed by atoms with Gasteiger partial charge < -0.3 is 21.7 Å². The monoisotopic (exact) mass is 782 g/mol. The molecular formula is C49H84BrNO. The van der Waals surface area contributed by atoms with Crippen LogP contribution in [-0.2, 0) is 6.54 Å². The van der Waals surface area contributed by atoms with Gasteiger partial charge in [0.05, 0.1) is 6.61 Å². The van der Waals surface area contributed by atoms with E-state index in [1.54, 1.807) is 0 Å². The van der Waals surface area contributed by atoms with Crippen molar-refractivity contribution in [1.82, 2.24) is 0 Å². The second-order valence-corrected chi connectivity index (χ2v) is 15.7. The number of ether oxygens (including phenoxy) is 1. The van der Waals surface area contributed by atoms with Gasteiger partial charge in [-0.3, -0.25) is 0 Å². The average Bonchev–Trinajstić information content (AvgIpc) is 3.16. The molecule has 0 aliphatic carbocycles. The summed E-state index contributed by atoms with van der Waals surface area (Å²) in [5.41, 5.74) is 2.47. The van der Waals surface area contributed by atoms with Crippen LogP contribution >= 0.6 is 0 Å². The van der Waals surface area contributed by atoms with Gasteiger partial charge in [-0.2, -0.15) is 0 Å². The van der Waals surface area contributed by atoms with Crippen molar-refractivity contribution in [2.24, 2.45) is 0 Å². The first kappa shape index (κ1) is 48.4. The predicted molar refractivity (Wildman–Crippen MR) is 227 cm³/mol. The molecule has 2 aromatic rings. The zero-order valence-corrected chi connectivity index (χ0v) is 36.1. The van der Waals surface area contributed by atoms with Crippen LogP contribution in [-0.4, -0.2) is 6.61 Å². The number of benzene rings is 1. The predicted octanol–water partition coefficient (Wildman–Crippen LogP) is 13.1. The second kappa shape index (κ2) is 37.7. The molecule has 298 valence electrons. The van der Waals surface area contributed by atoms with Crippen molar-refractivity contribution in [2.75, 3.05) is 6.61 Å². The van der Waals surface area contributed by atoms with Crippen molar-refractivity contribution in [3.05, 3.63) is 59.9 Å². The quantitative estimate of drug-likeness (QED) is 0.0491.